The SMILES string of the molecule is Cc1[nH]c2c(F)ccc(C)c2c1C(C(N)=O)c1c(C(=O)O)[nH]c2cccc(Cl)c12. The third-order valence-corrected chi connectivity index (χ3v) is 5.55. The molecule has 8 heteroatoms. The van der Waals surface area contributed by atoms with Gasteiger partial charge in [-0.2, -0.15) is 0 Å². The van der Waals surface area contributed by atoms with Crippen LogP contribution in [-0.2, 0) is 4.79 Å². The summed E-state index contributed by atoms with van der Waals surface area (Å²) >= 11 is 6.37. The quantitative estimate of drug-likeness (QED) is 0.398. The molecule has 2 heterocycles. The highest BCUT2D eigenvalue weighted by Gasteiger charge is 2.34. The minimum absolute atomic E-state index is 0.165. The molecule has 0 aliphatic heterocycles. The second-order valence-electron chi connectivity index (χ2n) is 6.99. The molecule has 1 atom stereocenters. The molecule has 1 unspecified atom stereocenters. The van der Waals surface area contributed by atoms with E-state index in [1.807, 2.05) is 0 Å². The fourth-order valence-electron chi connectivity index (χ4n) is 4.07. The second kappa shape index (κ2) is 6.63. The Kier molecular flexibility index (Phi) is 4.35. The molecule has 4 aromatic rings. The van der Waals surface area contributed by atoms with Gasteiger partial charge in [-0.15, -0.1) is 0 Å². The van der Waals surface area contributed by atoms with E-state index in [9.17, 15) is 19.1 Å². The number of aromatic amines is 2. The summed E-state index contributed by atoms with van der Waals surface area (Å²) < 4.78 is 14.4. The number of carbonyl (C=O) groups is 2. The Morgan fingerprint density at radius 1 is 1.10 bits per heavy atom. The molecule has 0 radical (unpaired) electrons. The number of benzene rings is 2. The molecule has 0 saturated heterocycles. The Labute approximate surface area is 169 Å². The van der Waals surface area contributed by atoms with Gasteiger partial charge in [-0.25, -0.2) is 9.18 Å². The molecule has 1 amide bonds. The first-order valence-electron chi connectivity index (χ1n) is 8.82. The molecular formula is C21H17ClFN3O3. The predicted molar refractivity (Wildman–Crippen MR) is 109 cm³/mol. The lowest BCUT2D eigenvalue weighted by molar-refractivity contribution is -0.118. The third-order valence-electron chi connectivity index (χ3n) is 5.24. The molecule has 0 spiro atoms. The maximum atomic E-state index is 14.4. The number of carbonyl (C=O) groups excluding carboxylic acids is 1. The zero-order valence-electron chi connectivity index (χ0n) is 15.6. The van der Waals surface area contributed by atoms with Crippen LogP contribution in [-0.4, -0.2) is 27.0 Å². The summed E-state index contributed by atoms with van der Waals surface area (Å²) in [6.45, 7) is 3.48. The van der Waals surface area contributed by atoms with Crippen molar-refractivity contribution in [3.05, 3.63) is 69.2 Å². The molecule has 4 rings (SSSR count). The van der Waals surface area contributed by atoms with Gasteiger partial charge in [-0.3, -0.25) is 4.79 Å². The second-order valence-corrected chi connectivity index (χ2v) is 7.40. The van der Waals surface area contributed by atoms with E-state index in [1.165, 1.54) is 6.07 Å². The summed E-state index contributed by atoms with van der Waals surface area (Å²) in [6, 6.07) is 7.89. The summed E-state index contributed by atoms with van der Waals surface area (Å²) in [6.07, 6.45) is 0. The number of carboxylic acid groups (broad SMARTS) is 1. The lowest BCUT2D eigenvalue weighted by Gasteiger charge is -2.17. The normalized spacial score (nSPS) is 12.6. The summed E-state index contributed by atoms with van der Waals surface area (Å²) in [5, 5.41) is 11.0. The summed E-state index contributed by atoms with van der Waals surface area (Å²) in [5.41, 5.74) is 8.17. The van der Waals surface area contributed by atoms with Gasteiger partial charge in [0.15, 0.2) is 0 Å². The molecule has 2 aromatic heterocycles. The van der Waals surface area contributed by atoms with E-state index in [0.717, 1.165) is 5.56 Å². The van der Waals surface area contributed by atoms with Crippen molar-refractivity contribution < 1.29 is 19.1 Å². The molecule has 0 fully saturated rings. The molecular weight excluding hydrogens is 397 g/mol. The Morgan fingerprint density at radius 3 is 2.48 bits per heavy atom. The molecule has 0 aliphatic rings. The number of aromatic carboxylic acids is 1. The van der Waals surface area contributed by atoms with Crippen LogP contribution in [0.4, 0.5) is 4.39 Å². The van der Waals surface area contributed by atoms with Crippen molar-refractivity contribution in [1.29, 1.82) is 0 Å². The van der Waals surface area contributed by atoms with Gasteiger partial charge in [-0.05, 0) is 43.2 Å². The van der Waals surface area contributed by atoms with Crippen LogP contribution < -0.4 is 5.73 Å². The van der Waals surface area contributed by atoms with Crippen molar-refractivity contribution in [3.63, 3.8) is 0 Å². The lowest BCUT2D eigenvalue weighted by atomic mass is 9.85. The third kappa shape index (κ3) is 2.77. The number of hydrogen-bond donors (Lipinski definition) is 4. The molecule has 29 heavy (non-hydrogen) atoms. The van der Waals surface area contributed by atoms with Gasteiger partial charge in [0.05, 0.1) is 16.5 Å². The van der Waals surface area contributed by atoms with E-state index in [4.69, 9.17) is 17.3 Å². The molecule has 0 saturated carbocycles. The highest BCUT2D eigenvalue weighted by Crippen LogP contribution is 2.42. The number of fused-ring (bicyclic) bond motifs is 2. The maximum absolute atomic E-state index is 14.4. The van der Waals surface area contributed by atoms with Crippen LogP contribution in [0.15, 0.2) is 30.3 Å². The first-order valence-corrected chi connectivity index (χ1v) is 9.20. The van der Waals surface area contributed by atoms with Crippen molar-refractivity contribution in [2.75, 3.05) is 0 Å². The van der Waals surface area contributed by atoms with Crippen LogP contribution in [0.25, 0.3) is 21.8 Å². The van der Waals surface area contributed by atoms with E-state index in [2.05, 4.69) is 9.97 Å². The number of halogens is 2. The largest absolute Gasteiger partial charge is 0.477 e. The monoisotopic (exact) mass is 413 g/mol. The standard InChI is InChI=1S/C21H17ClFN3O3/c1-8-6-7-11(23)18-13(8)14(9(2)25-18)17(20(24)27)16-15-10(22)4-3-5-12(15)26-19(16)21(28)29/h3-7,17,25-26H,1-2H3,(H2,24,27)(H,28,29). The van der Waals surface area contributed by atoms with Gasteiger partial charge < -0.3 is 20.8 Å². The number of nitrogens with one attached hydrogen (secondary N) is 2. The van der Waals surface area contributed by atoms with E-state index < -0.39 is 23.6 Å². The van der Waals surface area contributed by atoms with Crippen molar-refractivity contribution in [2.24, 2.45) is 5.73 Å². The minimum Gasteiger partial charge on any atom is -0.477 e. The van der Waals surface area contributed by atoms with Crippen LogP contribution in [0, 0.1) is 19.7 Å². The van der Waals surface area contributed by atoms with Gasteiger partial charge in [0.2, 0.25) is 5.91 Å². The Balaban J connectivity index is 2.17. The molecule has 5 N–H and O–H groups in total. The average Bonchev–Trinajstić information content (AvgIpc) is 3.20. The number of primary amides is 1. The van der Waals surface area contributed by atoms with E-state index in [1.54, 1.807) is 38.1 Å². The summed E-state index contributed by atoms with van der Waals surface area (Å²) in [4.78, 5) is 30.4. The maximum Gasteiger partial charge on any atom is 0.352 e. The van der Waals surface area contributed by atoms with Crippen molar-refractivity contribution in [1.82, 2.24) is 9.97 Å². The highest BCUT2D eigenvalue weighted by molar-refractivity contribution is 6.36. The minimum atomic E-state index is -1.25. The molecule has 0 bridgehead atoms. The fourth-order valence-corrected chi connectivity index (χ4v) is 4.35. The molecule has 2 aromatic carbocycles. The van der Waals surface area contributed by atoms with Gasteiger partial charge in [0, 0.05) is 27.5 Å². The van der Waals surface area contributed by atoms with Crippen molar-refractivity contribution >= 4 is 45.3 Å². The van der Waals surface area contributed by atoms with Crippen LogP contribution in [0.1, 0.15) is 38.8 Å². The number of rotatable bonds is 4. The van der Waals surface area contributed by atoms with Gasteiger partial charge >= 0.3 is 5.97 Å². The van der Waals surface area contributed by atoms with Crippen LogP contribution in [0.3, 0.4) is 0 Å². The topological polar surface area (TPSA) is 112 Å². The number of nitrogens with two attached hydrogens (primary N) is 1. The number of H-pyrrole nitrogens is 2. The fraction of sp³-hybridized carbons (Fsp3) is 0.143. The molecule has 0 aliphatic carbocycles. The van der Waals surface area contributed by atoms with Gasteiger partial charge in [0.1, 0.15) is 11.5 Å². The number of carboxylic acids is 1. The number of aryl methyl sites for hydroxylation is 2. The number of aromatic nitrogens is 2. The van der Waals surface area contributed by atoms with E-state index in [0.29, 0.717) is 27.5 Å². The summed E-state index contributed by atoms with van der Waals surface area (Å²) in [5.74, 6) is -3.64. The zero-order valence-corrected chi connectivity index (χ0v) is 16.3. The van der Waals surface area contributed by atoms with E-state index >= 15 is 0 Å². The molecule has 148 valence electrons. The van der Waals surface area contributed by atoms with Crippen molar-refractivity contribution in [2.45, 2.75) is 19.8 Å². The van der Waals surface area contributed by atoms with E-state index in [-0.39, 0.29) is 21.8 Å². The average molecular weight is 414 g/mol. The Bertz CT molecular complexity index is 1320. The highest BCUT2D eigenvalue weighted by atomic mass is 35.5. The molecule has 6 nitrogen and oxygen atoms in total. The van der Waals surface area contributed by atoms with Crippen LogP contribution in [0.2, 0.25) is 5.02 Å². The number of hydrogen-bond acceptors (Lipinski definition) is 2. The van der Waals surface area contributed by atoms with Gasteiger partial charge in [0.25, 0.3) is 0 Å². The summed E-state index contributed by atoms with van der Waals surface area (Å²) in [7, 11) is 0. The smallest absolute Gasteiger partial charge is 0.352 e. The van der Waals surface area contributed by atoms with Gasteiger partial charge in [-0.1, -0.05) is 23.7 Å². The number of amides is 1. The lowest BCUT2D eigenvalue weighted by Crippen LogP contribution is -2.24. The van der Waals surface area contributed by atoms with Crippen LogP contribution in [0.5, 0.6) is 0 Å². The van der Waals surface area contributed by atoms with Crippen molar-refractivity contribution in [3.8, 4) is 0 Å². The Hall–Kier alpha value is -3.32. The van der Waals surface area contributed by atoms with Crippen LogP contribution >= 0.6 is 11.6 Å². The first-order chi connectivity index (χ1) is 13.7. The zero-order chi connectivity index (χ0) is 21.0. The Morgan fingerprint density at radius 2 is 1.83 bits per heavy atom. The first kappa shape index (κ1) is 19.0. The predicted octanol–water partition coefficient (Wildman–Crippen LogP) is 4.37.